The van der Waals surface area contributed by atoms with E-state index in [-0.39, 0.29) is 5.60 Å². The van der Waals surface area contributed by atoms with Crippen LogP contribution in [0.4, 0.5) is 5.69 Å². The van der Waals surface area contributed by atoms with Gasteiger partial charge in [-0.05, 0) is 43.0 Å². The summed E-state index contributed by atoms with van der Waals surface area (Å²) < 4.78 is 6.40. The number of fused-ring (bicyclic) bond motifs is 1. The fourth-order valence-electron chi connectivity index (χ4n) is 3.98. The third-order valence-electron chi connectivity index (χ3n) is 5.22. The number of benzene rings is 1. The van der Waals surface area contributed by atoms with Crippen LogP contribution in [0, 0.1) is 17.3 Å². The Bertz CT molecular complexity index is 451. The molecule has 3 rings (SSSR count). The van der Waals surface area contributed by atoms with E-state index in [2.05, 4.69) is 20.8 Å². The Balaban J connectivity index is 1.84. The lowest BCUT2D eigenvalue weighted by Crippen LogP contribution is -2.30. The van der Waals surface area contributed by atoms with E-state index in [1.54, 1.807) is 0 Å². The molecule has 0 amide bonds. The summed E-state index contributed by atoms with van der Waals surface area (Å²) >= 11 is 0. The Labute approximate surface area is 110 Å². The van der Waals surface area contributed by atoms with Gasteiger partial charge in [-0.3, -0.25) is 0 Å². The highest BCUT2D eigenvalue weighted by Crippen LogP contribution is 2.70. The molecule has 2 saturated carbocycles. The van der Waals surface area contributed by atoms with Crippen LogP contribution in [0.25, 0.3) is 0 Å². The summed E-state index contributed by atoms with van der Waals surface area (Å²) in [4.78, 5) is 0. The molecule has 2 heteroatoms. The molecule has 2 aliphatic rings. The van der Waals surface area contributed by atoms with Crippen molar-refractivity contribution >= 4 is 5.69 Å². The Morgan fingerprint density at radius 3 is 2.50 bits per heavy atom. The molecule has 0 heterocycles. The van der Waals surface area contributed by atoms with Gasteiger partial charge in [0.05, 0.1) is 0 Å². The smallest absolute Gasteiger partial charge is 0.120 e. The van der Waals surface area contributed by atoms with E-state index in [1.165, 1.54) is 19.3 Å². The van der Waals surface area contributed by atoms with Crippen LogP contribution in [-0.4, -0.2) is 5.60 Å². The van der Waals surface area contributed by atoms with Gasteiger partial charge in [-0.15, -0.1) is 0 Å². The predicted molar refractivity (Wildman–Crippen MR) is 74.5 cm³/mol. The first-order valence-electron chi connectivity index (χ1n) is 7.00. The average Bonchev–Trinajstić information content (AvgIpc) is 2.77. The van der Waals surface area contributed by atoms with Crippen molar-refractivity contribution in [2.24, 2.45) is 17.3 Å². The van der Waals surface area contributed by atoms with Crippen molar-refractivity contribution < 1.29 is 4.74 Å². The lowest BCUT2D eigenvalue weighted by Gasteiger charge is -2.29. The lowest BCUT2D eigenvalue weighted by atomic mass is 9.88. The van der Waals surface area contributed by atoms with Gasteiger partial charge in [-0.25, -0.2) is 0 Å². The normalized spacial score (nSPS) is 36.8. The van der Waals surface area contributed by atoms with Gasteiger partial charge in [-0.2, -0.15) is 0 Å². The standard InChI is InChI=1S/C16H23NO/c1-11-4-9-14-15(2,3)16(14,10-11)18-13-7-5-12(17)6-8-13/h5-8,11,14H,4,9-10,17H2,1-3H3. The largest absolute Gasteiger partial charge is 0.486 e. The molecule has 1 aromatic rings. The van der Waals surface area contributed by atoms with Crippen LogP contribution in [-0.2, 0) is 0 Å². The van der Waals surface area contributed by atoms with Gasteiger partial charge in [-0.1, -0.05) is 27.2 Å². The van der Waals surface area contributed by atoms with E-state index in [0.29, 0.717) is 5.41 Å². The first-order chi connectivity index (χ1) is 8.46. The van der Waals surface area contributed by atoms with E-state index in [0.717, 1.165) is 23.3 Å². The minimum Gasteiger partial charge on any atom is -0.486 e. The van der Waals surface area contributed by atoms with Crippen molar-refractivity contribution in [3.05, 3.63) is 24.3 Å². The fourth-order valence-corrected chi connectivity index (χ4v) is 3.98. The van der Waals surface area contributed by atoms with Gasteiger partial charge in [0.2, 0.25) is 0 Å². The third-order valence-corrected chi connectivity index (χ3v) is 5.22. The Hall–Kier alpha value is -1.18. The Kier molecular flexibility index (Phi) is 2.42. The van der Waals surface area contributed by atoms with Gasteiger partial charge in [0.1, 0.15) is 11.4 Å². The number of anilines is 1. The van der Waals surface area contributed by atoms with E-state index < -0.39 is 0 Å². The van der Waals surface area contributed by atoms with Crippen molar-refractivity contribution in [3.63, 3.8) is 0 Å². The topological polar surface area (TPSA) is 35.2 Å². The summed E-state index contributed by atoms with van der Waals surface area (Å²) in [6.07, 6.45) is 3.85. The third kappa shape index (κ3) is 1.54. The first kappa shape index (κ1) is 11.9. The molecule has 0 bridgehead atoms. The fraction of sp³-hybridized carbons (Fsp3) is 0.625. The molecule has 18 heavy (non-hydrogen) atoms. The summed E-state index contributed by atoms with van der Waals surface area (Å²) in [5.41, 5.74) is 6.91. The molecule has 98 valence electrons. The molecule has 0 saturated heterocycles. The summed E-state index contributed by atoms with van der Waals surface area (Å²) in [5.74, 6) is 2.46. The molecule has 0 aromatic heterocycles. The maximum Gasteiger partial charge on any atom is 0.120 e. The second-order valence-electron chi connectivity index (χ2n) is 6.72. The number of hydrogen-bond acceptors (Lipinski definition) is 2. The van der Waals surface area contributed by atoms with Crippen molar-refractivity contribution in [1.82, 2.24) is 0 Å². The monoisotopic (exact) mass is 245 g/mol. The second-order valence-corrected chi connectivity index (χ2v) is 6.72. The van der Waals surface area contributed by atoms with Crippen LogP contribution in [0.1, 0.15) is 40.0 Å². The van der Waals surface area contributed by atoms with E-state index >= 15 is 0 Å². The molecular formula is C16H23NO. The van der Waals surface area contributed by atoms with Crippen LogP contribution < -0.4 is 10.5 Å². The molecule has 3 atom stereocenters. The SMILES string of the molecule is CC1CCC2C(C)(C)C2(Oc2ccc(N)cc2)C1. The molecular weight excluding hydrogens is 222 g/mol. The summed E-state index contributed by atoms with van der Waals surface area (Å²) in [6.45, 7) is 7.05. The van der Waals surface area contributed by atoms with Crippen LogP contribution in [0.2, 0.25) is 0 Å². The molecule has 2 N–H and O–H groups in total. The molecule has 2 nitrogen and oxygen atoms in total. The summed E-state index contributed by atoms with van der Waals surface area (Å²) in [6, 6.07) is 7.83. The second kappa shape index (κ2) is 3.66. The summed E-state index contributed by atoms with van der Waals surface area (Å²) in [5, 5.41) is 0. The van der Waals surface area contributed by atoms with Gasteiger partial charge in [0.25, 0.3) is 0 Å². The minimum absolute atomic E-state index is 0.0702. The Morgan fingerprint density at radius 2 is 1.83 bits per heavy atom. The van der Waals surface area contributed by atoms with Crippen LogP contribution in [0.3, 0.4) is 0 Å². The Morgan fingerprint density at radius 1 is 1.17 bits per heavy atom. The minimum atomic E-state index is 0.0702. The van der Waals surface area contributed by atoms with Crippen molar-refractivity contribution in [2.75, 3.05) is 5.73 Å². The number of hydrogen-bond donors (Lipinski definition) is 1. The van der Waals surface area contributed by atoms with Gasteiger partial charge in [0, 0.05) is 17.0 Å². The van der Waals surface area contributed by atoms with Crippen molar-refractivity contribution in [3.8, 4) is 5.75 Å². The molecule has 0 radical (unpaired) electrons. The van der Waals surface area contributed by atoms with Crippen molar-refractivity contribution in [2.45, 2.75) is 45.6 Å². The maximum atomic E-state index is 6.40. The van der Waals surface area contributed by atoms with Gasteiger partial charge < -0.3 is 10.5 Å². The van der Waals surface area contributed by atoms with Crippen LogP contribution in [0.15, 0.2) is 24.3 Å². The zero-order chi connectivity index (χ0) is 13.0. The molecule has 0 aliphatic heterocycles. The van der Waals surface area contributed by atoms with Gasteiger partial charge >= 0.3 is 0 Å². The van der Waals surface area contributed by atoms with Crippen molar-refractivity contribution in [1.29, 1.82) is 0 Å². The highest BCUT2D eigenvalue weighted by atomic mass is 16.5. The first-order valence-corrected chi connectivity index (χ1v) is 7.00. The van der Waals surface area contributed by atoms with Crippen LogP contribution in [0.5, 0.6) is 5.75 Å². The highest BCUT2D eigenvalue weighted by Gasteiger charge is 2.74. The molecule has 0 spiro atoms. The lowest BCUT2D eigenvalue weighted by molar-refractivity contribution is 0.0847. The number of nitrogen functional groups attached to an aromatic ring is 1. The molecule has 1 aromatic carbocycles. The van der Waals surface area contributed by atoms with Crippen LogP contribution >= 0.6 is 0 Å². The zero-order valence-electron chi connectivity index (χ0n) is 11.6. The molecule has 2 aliphatic carbocycles. The molecule has 3 unspecified atom stereocenters. The predicted octanol–water partition coefficient (Wildman–Crippen LogP) is 3.86. The molecule has 2 fully saturated rings. The average molecular weight is 245 g/mol. The maximum absolute atomic E-state index is 6.40. The van der Waals surface area contributed by atoms with Gasteiger partial charge in [0.15, 0.2) is 0 Å². The van der Waals surface area contributed by atoms with E-state index in [9.17, 15) is 0 Å². The van der Waals surface area contributed by atoms with E-state index in [1.807, 2.05) is 24.3 Å². The van der Waals surface area contributed by atoms with E-state index in [4.69, 9.17) is 10.5 Å². The summed E-state index contributed by atoms with van der Waals surface area (Å²) in [7, 11) is 0. The zero-order valence-corrected chi connectivity index (χ0v) is 11.6. The quantitative estimate of drug-likeness (QED) is 0.803. The number of nitrogens with two attached hydrogens (primary N) is 1. The number of rotatable bonds is 2. The highest BCUT2D eigenvalue weighted by molar-refractivity contribution is 5.42. The number of ether oxygens (including phenoxy) is 1.